The maximum Gasteiger partial charge on any atom is 0.311 e. The van der Waals surface area contributed by atoms with Crippen LogP contribution in [0.3, 0.4) is 0 Å². The third-order valence-corrected chi connectivity index (χ3v) is 4.50. The zero-order valence-electron chi connectivity index (χ0n) is 15.4. The van der Waals surface area contributed by atoms with Crippen molar-refractivity contribution >= 4 is 5.97 Å². The molecule has 0 bridgehead atoms. The quantitative estimate of drug-likeness (QED) is 0.719. The molecule has 2 heterocycles. The molecule has 6 atom stereocenters. The van der Waals surface area contributed by atoms with Crippen molar-refractivity contribution < 1.29 is 33.6 Å². The van der Waals surface area contributed by atoms with E-state index in [2.05, 4.69) is 0 Å². The summed E-state index contributed by atoms with van der Waals surface area (Å²) in [6.45, 7) is 12.4. The molecule has 0 aromatic carbocycles. The average Bonchev–Trinajstić information content (AvgIpc) is 2.89. The second kappa shape index (κ2) is 5.38. The Bertz CT molecular complexity index is 522. The summed E-state index contributed by atoms with van der Waals surface area (Å²) in [4.78, 5) is 12.3. The molecule has 1 N–H and O–H groups in total. The Morgan fingerprint density at radius 3 is 1.79 bits per heavy atom. The third kappa shape index (κ3) is 3.08. The maximum absolute atomic E-state index is 12.3. The van der Waals surface area contributed by atoms with Gasteiger partial charge in [-0.1, -0.05) is 0 Å². The van der Waals surface area contributed by atoms with Crippen LogP contribution >= 0.6 is 0 Å². The Morgan fingerprint density at radius 1 is 0.875 bits per heavy atom. The molecule has 3 rings (SSSR count). The smallest absolute Gasteiger partial charge is 0.311 e. The Morgan fingerprint density at radius 2 is 1.29 bits per heavy atom. The summed E-state index contributed by atoms with van der Waals surface area (Å²) < 4.78 is 29.3. The summed E-state index contributed by atoms with van der Waals surface area (Å²) in [5.74, 6) is -2.11. The average molecular weight is 344 g/mol. The van der Waals surface area contributed by atoms with Gasteiger partial charge in [0.1, 0.15) is 30.5 Å². The van der Waals surface area contributed by atoms with Crippen LogP contribution < -0.4 is 0 Å². The van der Waals surface area contributed by atoms with Crippen LogP contribution in [0.4, 0.5) is 0 Å². The SMILES string of the molecule is CC1(C)O[C@@H]2[C@H](O1)[C@H](OC(=O)C(C)(C)C)[C@@H](O)[C@@H]1OC(C)(C)O[C@@H]21. The first kappa shape index (κ1) is 18.1. The van der Waals surface area contributed by atoms with Crippen LogP contribution in [0.15, 0.2) is 0 Å². The minimum absolute atomic E-state index is 0.407. The van der Waals surface area contributed by atoms with E-state index >= 15 is 0 Å². The molecule has 7 heteroatoms. The van der Waals surface area contributed by atoms with Crippen molar-refractivity contribution in [1.82, 2.24) is 0 Å². The first-order valence-electron chi connectivity index (χ1n) is 8.41. The molecular weight excluding hydrogens is 316 g/mol. The minimum atomic E-state index is -1.05. The lowest BCUT2D eigenvalue weighted by atomic mass is 9.84. The molecule has 1 saturated carbocycles. The van der Waals surface area contributed by atoms with E-state index in [0.717, 1.165) is 0 Å². The monoisotopic (exact) mass is 344 g/mol. The predicted octanol–water partition coefficient (Wildman–Crippen LogP) is 1.36. The van der Waals surface area contributed by atoms with Crippen molar-refractivity contribution in [3.63, 3.8) is 0 Å². The number of carbonyl (C=O) groups is 1. The summed E-state index contributed by atoms with van der Waals surface area (Å²) in [5.41, 5.74) is -0.687. The molecule has 24 heavy (non-hydrogen) atoms. The first-order chi connectivity index (χ1) is 10.8. The Hall–Kier alpha value is -0.730. The number of ether oxygens (including phenoxy) is 5. The maximum atomic E-state index is 12.3. The molecule has 0 unspecified atom stereocenters. The van der Waals surface area contributed by atoms with Gasteiger partial charge in [-0.25, -0.2) is 0 Å². The molecule has 3 fully saturated rings. The first-order valence-corrected chi connectivity index (χ1v) is 8.41. The number of carbonyl (C=O) groups excluding carboxylic acids is 1. The van der Waals surface area contributed by atoms with Crippen molar-refractivity contribution in [3.05, 3.63) is 0 Å². The van der Waals surface area contributed by atoms with Gasteiger partial charge in [-0.05, 0) is 48.5 Å². The number of hydrogen-bond donors (Lipinski definition) is 1. The number of esters is 1. The van der Waals surface area contributed by atoms with E-state index < -0.39 is 59.6 Å². The zero-order chi connectivity index (χ0) is 18.1. The van der Waals surface area contributed by atoms with Gasteiger partial charge >= 0.3 is 5.97 Å². The molecule has 0 spiro atoms. The van der Waals surface area contributed by atoms with Crippen LogP contribution in [-0.2, 0) is 28.5 Å². The molecule has 0 amide bonds. The fourth-order valence-electron chi connectivity index (χ4n) is 3.48. The Kier molecular flexibility index (Phi) is 4.05. The number of rotatable bonds is 1. The van der Waals surface area contributed by atoms with Crippen molar-refractivity contribution in [1.29, 1.82) is 0 Å². The van der Waals surface area contributed by atoms with E-state index in [9.17, 15) is 9.90 Å². The lowest BCUT2D eigenvalue weighted by Crippen LogP contribution is -2.63. The number of hydrogen-bond acceptors (Lipinski definition) is 7. The van der Waals surface area contributed by atoms with E-state index in [-0.39, 0.29) is 0 Å². The Balaban J connectivity index is 1.90. The van der Waals surface area contributed by atoms with Crippen LogP contribution in [0.1, 0.15) is 48.5 Å². The fourth-order valence-corrected chi connectivity index (χ4v) is 3.48. The molecule has 7 nitrogen and oxygen atoms in total. The van der Waals surface area contributed by atoms with Gasteiger partial charge in [-0.15, -0.1) is 0 Å². The highest BCUT2D eigenvalue weighted by atomic mass is 16.8. The van der Waals surface area contributed by atoms with Gasteiger partial charge in [0.05, 0.1) is 5.41 Å². The van der Waals surface area contributed by atoms with E-state index in [1.165, 1.54) is 0 Å². The molecule has 2 aliphatic heterocycles. The number of fused-ring (bicyclic) bond motifs is 3. The second-order valence-corrected chi connectivity index (χ2v) is 8.74. The van der Waals surface area contributed by atoms with E-state index in [4.69, 9.17) is 23.7 Å². The normalized spacial score (nSPS) is 43.2. The fraction of sp³-hybridized carbons (Fsp3) is 0.941. The summed E-state index contributed by atoms with van der Waals surface area (Å²) in [6.07, 6.45) is -4.14. The molecule has 1 aliphatic carbocycles. The lowest BCUT2D eigenvalue weighted by Gasteiger charge is -2.40. The lowest BCUT2D eigenvalue weighted by molar-refractivity contribution is -0.204. The largest absolute Gasteiger partial charge is 0.456 e. The van der Waals surface area contributed by atoms with Crippen LogP contribution in [0, 0.1) is 5.41 Å². The summed E-state index contributed by atoms with van der Waals surface area (Å²) in [6, 6.07) is 0. The van der Waals surface area contributed by atoms with Crippen molar-refractivity contribution in [3.8, 4) is 0 Å². The highest BCUT2D eigenvalue weighted by molar-refractivity contribution is 5.75. The van der Waals surface area contributed by atoms with Crippen molar-refractivity contribution in [2.45, 2.75) is 96.7 Å². The standard InChI is InChI=1S/C17H28O7/c1-15(2,3)14(19)20-9-8(18)10-12(23-16(4,5)21-10)13-11(9)22-17(6,7)24-13/h8-13,18H,1-7H3/t8-,9-,10+,11-,12-,13-/m1/s1. The highest BCUT2D eigenvalue weighted by Gasteiger charge is 2.64. The van der Waals surface area contributed by atoms with E-state index in [1.807, 2.05) is 0 Å². The highest BCUT2D eigenvalue weighted by Crippen LogP contribution is 2.45. The van der Waals surface area contributed by atoms with Crippen LogP contribution in [-0.4, -0.2) is 59.3 Å². The summed E-state index contributed by atoms with van der Waals surface area (Å²) >= 11 is 0. The minimum Gasteiger partial charge on any atom is -0.456 e. The summed E-state index contributed by atoms with van der Waals surface area (Å²) in [5, 5.41) is 10.8. The van der Waals surface area contributed by atoms with Gasteiger partial charge in [-0.2, -0.15) is 0 Å². The molecule has 2 saturated heterocycles. The molecule has 3 aliphatic rings. The topological polar surface area (TPSA) is 83.5 Å². The van der Waals surface area contributed by atoms with E-state index in [0.29, 0.717) is 0 Å². The van der Waals surface area contributed by atoms with Crippen LogP contribution in [0.25, 0.3) is 0 Å². The molecule has 0 aromatic heterocycles. The molecule has 138 valence electrons. The van der Waals surface area contributed by atoms with Gasteiger partial charge in [-0.3, -0.25) is 4.79 Å². The summed E-state index contributed by atoms with van der Waals surface area (Å²) in [7, 11) is 0. The molecular formula is C17H28O7. The number of aliphatic hydroxyl groups excluding tert-OH is 1. The Labute approximate surface area is 142 Å². The third-order valence-electron chi connectivity index (χ3n) is 4.50. The van der Waals surface area contributed by atoms with Gasteiger partial charge in [0, 0.05) is 0 Å². The van der Waals surface area contributed by atoms with Crippen molar-refractivity contribution in [2.75, 3.05) is 0 Å². The van der Waals surface area contributed by atoms with Gasteiger partial charge < -0.3 is 28.8 Å². The predicted molar refractivity (Wildman–Crippen MR) is 83.0 cm³/mol. The second-order valence-electron chi connectivity index (χ2n) is 8.74. The van der Waals surface area contributed by atoms with Crippen LogP contribution in [0.2, 0.25) is 0 Å². The van der Waals surface area contributed by atoms with E-state index in [1.54, 1.807) is 48.5 Å². The van der Waals surface area contributed by atoms with Gasteiger partial charge in [0.15, 0.2) is 17.7 Å². The van der Waals surface area contributed by atoms with Crippen LogP contribution in [0.5, 0.6) is 0 Å². The zero-order valence-corrected chi connectivity index (χ0v) is 15.4. The molecule has 0 aromatic rings. The van der Waals surface area contributed by atoms with Gasteiger partial charge in [0.25, 0.3) is 0 Å². The molecule has 0 radical (unpaired) electrons. The van der Waals surface area contributed by atoms with Crippen molar-refractivity contribution in [2.24, 2.45) is 5.41 Å². The van der Waals surface area contributed by atoms with Gasteiger partial charge in [0.2, 0.25) is 0 Å². The number of aliphatic hydroxyl groups is 1.